The van der Waals surface area contributed by atoms with Gasteiger partial charge < -0.3 is 5.32 Å². The van der Waals surface area contributed by atoms with Crippen molar-refractivity contribution < 1.29 is 8.42 Å². The second-order valence-electron chi connectivity index (χ2n) is 10.7. The highest BCUT2D eigenvalue weighted by Crippen LogP contribution is 2.61. The number of benzene rings is 1. The molecule has 4 bridgehead atoms. The van der Waals surface area contributed by atoms with Gasteiger partial charge in [-0.3, -0.25) is 0 Å². The van der Waals surface area contributed by atoms with E-state index in [1.807, 2.05) is 11.4 Å². The smallest absolute Gasteiger partial charge is 0.229 e. The summed E-state index contributed by atoms with van der Waals surface area (Å²) in [5, 5.41) is 13.9. The molecule has 1 aromatic carbocycles. The fourth-order valence-corrected chi connectivity index (χ4v) is 9.45. The second-order valence-corrected chi connectivity index (χ2v) is 13.5. The number of rotatable bonds is 5. The van der Waals surface area contributed by atoms with Gasteiger partial charge in [-0.15, -0.1) is 16.4 Å². The lowest BCUT2D eigenvalue weighted by Gasteiger charge is -2.59. The fourth-order valence-electron chi connectivity index (χ4n) is 7.37. The first-order chi connectivity index (χ1) is 16.4. The van der Waals surface area contributed by atoms with E-state index in [1.54, 1.807) is 46.2 Å². The summed E-state index contributed by atoms with van der Waals surface area (Å²) in [6.07, 6.45) is 8.12. The quantitative estimate of drug-likeness (QED) is 0.412. The summed E-state index contributed by atoms with van der Waals surface area (Å²) in [4.78, 5) is 5.05. The predicted molar refractivity (Wildman–Crippen MR) is 132 cm³/mol. The molecule has 0 aliphatic heterocycles. The number of hydrogen-bond donors (Lipinski definition) is 1. The van der Waals surface area contributed by atoms with Crippen LogP contribution in [0.1, 0.15) is 45.4 Å². The van der Waals surface area contributed by atoms with Crippen molar-refractivity contribution >= 4 is 42.9 Å². The van der Waals surface area contributed by atoms with Gasteiger partial charge in [0.2, 0.25) is 14.9 Å². The molecule has 1 atom stereocenters. The van der Waals surface area contributed by atoms with E-state index in [0.717, 1.165) is 33.8 Å². The lowest BCUT2D eigenvalue weighted by molar-refractivity contribution is -0.0602. The van der Waals surface area contributed by atoms with Gasteiger partial charge in [0.05, 0.1) is 15.1 Å². The monoisotopic (exact) mass is 493 g/mol. The highest BCUT2D eigenvalue weighted by atomic mass is 32.2. The Labute approximate surface area is 202 Å². The van der Waals surface area contributed by atoms with Crippen LogP contribution in [0.3, 0.4) is 0 Å². The van der Waals surface area contributed by atoms with Gasteiger partial charge in [0.15, 0.2) is 5.65 Å². The van der Waals surface area contributed by atoms with E-state index in [9.17, 15) is 8.42 Å². The van der Waals surface area contributed by atoms with Gasteiger partial charge in [-0.1, -0.05) is 23.4 Å². The van der Waals surface area contributed by atoms with Gasteiger partial charge in [-0.2, -0.15) is 4.52 Å². The SMILES string of the molecule is C[C@H](Nc1nc2c(S(=O)(=O)c3ccccc3)nnn2c2ccsc12)C12CC3CC(CC(C3)C1)C2. The molecule has 0 radical (unpaired) electrons. The minimum atomic E-state index is -3.84. The first kappa shape index (κ1) is 20.8. The minimum absolute atomic E-state index is 0.0997. The van der Waals surface area contributed by atoms with Gasteiger partial charge in [-0.05, 0) is 92.2 Å². The van der Waals surface area contributed by atoms with Crippen LogP contribution in [-0.2, 0) is 9.84 Å². The fraction of sp³-hybridized carbons (Fsp3) is 0.480. The Kier molecular flexibility index (Phi) is 4.43. The van der Waals surface area contributed by atoms with Crippen molar-refractivity contribution in [3.8, 4) is 0 Å². The summed E-state index contributed by atoms with van der Waals surface area (Å²) in [7, 11) is -3.84. The molecule has 3 heterocycles. The molecular weight excluding hydrogens is 466 g/mol. The average molecular weight is 494 g/mol. The van der Waals surface area contributed by atoms with Crippen LogP contribution in [0.5, 0.6) is 0 Å². The summed E-state index contributed by atoms with van der Waals surface area (Å²) in [5.41, 5.74) is 1.41. The second kappa shape index (κ2) is 7.24. The lowest BCUT2D eigenvalue weighted by Crippen LogP contribution is -2.53. The number of fused-ring (bicyclic) bond motifs is 3. The number of nitrogens with zero attached hydrogens (tertiary/aromatic N) is 4. The topological polar surface area (TPSA) is 89.2 Å². The van der Waals surface area contributed by atoms with Crippen LogP contribution in [0.25, 0.3) is 15.9 Å². The molecule has 0 saturated heterocycles. The number of anilines is 1. The minimum Gasteiger partial charge on any atom is -0.366 e. The zero-order chi connectivity index (χ0) is 23.1. The molecule has 0 unspecified atom stereocenters. The van der Waals surface area contributed by atoms with E-state index in [2.05, 4.69) is 22.6 Å². The van der Waals surface area contributed by atoms with E-state index < -0.39 is 9.84 Å². The first-order valence-corrected chi connectivity index (χ1v) is 14.5. The van der Waals surface area contributed by atoms with Crippen LogP contribution < -0.4 is 5.32 Å². The van der Waals surface area contributed by atoms with Crippen molar-refractivity contribution in [1.29, 1.82) is 0 Å². The van der Waals surface area contributed by atoms with Crippen molar-refractivity contribution in [3.05, 3.63) is 41.8 Å². The Hall–Kier alpha value is -2.52. The zero-order valence-corrected chi connectivity index (χ0v) is 20.6. The molecule has 4 aliphatic carbocycles. The van der Waals surface area contributed by atoms with Crippen LogP contribution in [0.2, 0.25) is 0 Å². The van der Waals surface area contributed by atoms with Crippen molar-refractivity contribution in [2.75, 3.05) is 5.32 Å². The van der Waals surface area contributed by atoms with Crippen LogP contribution >= 0.6 is 11.3 Å². The summed E-state index contributed by atoms with van der Waals surface area (Å²) in [6.45, 7) is 2.30. The third kappa shape index (κ3) is 2.99. The normalized spacial score (nSPS) is 29.1. The molecule has 4 aromatic rings. The van der Waals surface area contributed by atoms with Gasteiger partial charge >= 0.3 is 0 Å². The Bertz CT molecular complexity index is 1470. The summed E-state index contributed by atoms with van der Waals surface area (Å²) in [6, 6.07) is 10.6. The molecule has 34 heavy (non-hydrogen) atoms. The maximum Gasteiger partial charge on any atom is 0.229 e. The molecule has 8 rings (SSSR count). The van der Waals surface area contributed by atoms with E-state index in [0.29, 0.717) is 5.41 Å². The number of aromatic nitrogens is 4. The summed E-state index contributed by atoms with van der Waals surface area (Å²) in [5.74, 6) is 3.35. The maximum atomic E-state index is 13.4. The highest BCUT2D eigenvalue weighted by molar-refractivity contribution is 7.91. The molecule has 4 saturated carbocycles. The Balaban J connectivity index is 1.32. The molecule has 0 spiro atoms. The standard InChI is InChI=1S/C25H27N5O2S2/c1-15(25-12-16-9-17(13-25)11-18(10-16)14-25)26-22-21-20(7-8-33-21)30-23(27-22)24(28-29-30)34(31,32)19-5-3-2-4-6-19/h2-8,15-18H,9-14H2,1H3,(H,26,27)/t15-,16?,17?,18?,25?/m0/s1. The van der Waals surface area contributed by atoms with E-state index in [4.69, 9.17) is 4.98 Å². The third-order valence-corrected chi connectivity index (χ3v) is 11.2. The Morgan fingerprint density at radius 3 is 2.41 bits per heavy atom. The van der Waals surface area contributed by atoms with Crippen LogP contribution in [-0.4, -0.2) is 34.3 Å². The van der Waals surface area contributed by atoms with Gasteiger partial charge in [0, 0.05) is 6.04 Å². The molecular formula is C25H27N5O2S2. The first-order valence-electron chi connectivity index (χ1n) is 12.1. The molecule has 3 aromatic heterocycles. The van der Waals surface area contributed by atoms with E-state index >= 15 is 0 Å². The number of thiophene rings is 1. The van der Waals surface area contributed by atoms with Crippen molar-refractivity contribution in [2.24, 2.45) is 23.2 Å². The van der Waals surface area contributed by atoms with Crippen LogP contribution in [0.15, 0.2) is 51.7 Å². The molecule has 4 aliphatic rings. The predicted octanol–water partition coefficient (Wildman–Crippen LogP) is 5.19. The molecule has 9 heteroatoms. The summed E-state index contributed by atoms with van der Waals surface area (Å²) >= 11 is 1.60. The molecule has 7 nitrogen and oxygen atoms in total. The van der Waals surface area contributed by atoms with E-state index in [1.165, 1.54) is 38.5 Å². The Morgan fingerprint density at radius 1 is 1.06 bits per heavy atom. The van der Waals surface area contributed by atoms with Gasteiger partial charge in [0.25, 0.3) is 0 Å². The third-order valence-electron chi connectivity index (χ3n) is 8.59. The largest absolute Gasteiger partial charge is 0.366 e. The number of nitrogens with one attached hydrogen (secondary N) is 1. The number of hydrogen-bond acceptors (Lipinski definition) is 7. The molecule has 4 fully saturated rings. The maximum absolute atomic E-state index is 13.4. The van der Waals surface area contributed by atoms with Crippen molar-refractivity contribution in [1.82, 2.24) is 19.8 Å². The van der Waals surface area contributed by atoms with Crippen LogP contribution in [0.4, 0.5) is 5.82 Å². The van der Waals surface area contributed by atoms with Gasteiger partial charge in [0.1, 0.15) is 5.82 Å². The van der Waals surface area contributed by atoms with E-state index in [-0.39, 0.29) is 21.6 Å². The Morgan fingerprint density at radius 2 is 1.74 bits per heavy atom. The molecule has 0 amide bonds. The van der Waals surface area contributed by atoms with Crippen molar-refractivity contribution in [2.45, 2.75) is 61.4 Å². The van der Waals surface area contributed by atoms with Gasteiger partial charge in [-0.25, -0.2) is 13.4 Å². The van der Waals surface area contributed by atoms with Crippen LogP contribution in [0, 0.1) is 23.2 Å². The average Bonchev–Trinajstić information content (AvgIpc) is 3.46. The molecule has 176 valence electrons. The summed E-state index contributed by atoms with van der Waals surface area (Å²) < 4.78 is 29.3. The lowest BCUT2D eigenvalue weighted by atomic mass is 9.48. The van der Waals surface area contributed by atoms with Crippen molar-refractivity contribution in [3.63, 3.8) is 0 Å². The zero-order valence-electron chi connectivity index (χ0n) is 19.0. The highest BCUT2D eigenvalue weighted by Gasteiger charge is 2.53. The number of sulfone groups is 1. The molecule has 1 N–H and O–H groups in total.